The van der Waals surface area contributed by atoms with E-state index in [1.807, 2.05) is 13.8 Å². The van der Waals surface area contributed by atoms with Crippen LogP contribution in [0.25, 0.3) is 10.4 Å². The molecule has 1 amide bonds. The van der Waals surface area contributed by atoms with Gasteiger partial charge >= 0.3 is 6.16 Å². The monoisotopic (exact) mass is 419 g/mol. The van der Waals surface area contributed by atoms with Gasteiger partial charge in [-0.05, 0) is 69.2 Å². The number of nitrogens with zero attached hydrogens (tertiary/aromatic N) is 1. The van der Waals surface area contributed by atoms with Crippen molar-refractivity contribution in [1.29, 1.82) is 0 Å². The number of hydrogen-bond acceptors (Lipinski definition) is 4. The summed E-state index contributed by atoms with van der Waals surface area (Å²) >= 11 is 1.14. The Morgan fingerprint density at radius 1 is 1.17 bits per heavy atom. The van der Waals surface area contributed by atoms with Gasteiger partial charge in [0.15, 0.2) is 0 Å². The quantitative estimate of drug-likeness (QED) is 0.588. The predicted octanol–water partition coefficient (Wildman–Crippen LogP) is 6.18. The fraction of sp³-hybridized carbons (Fsp3) is 0.455. The zero-order chi connectivity index (χ0) is 21.1. The minimum atomic E-state index is -1.43. The topological polar surface area (TPSA) is 66.8 Å². The molecule has 156 valence electrons. The summed E-state index contributed by atoms with van der Waals surface area (Å²) in [5.74, 6) is 0.216. The van der Waals surface area contributed by atoms with Crippen molar-refractivity contribution in [3.63, 3.8) is 0 Å². The highest BCUT2D eigenvalue weighted by Gasteiger charge is 2.33. The molecule has 5 nitrogen and oxygen atoms in total. The van der Waals surface area contributed by atoms with Crippen molar-refractivity contribution in [2.75, 3.05) is 4.90 Å². The van der Waals surface area contributed by atoms with Gasteiger partial charge in [0.1, 0.15) is 5.82 Å². The minimum absolute atomic E-state index is 0.00518. The molecule has 29 heavy (non-hydrogen) atoms. The van der Waals surface area contributed by atoms with Crippen LogP contribution in [-0.4, -0.2) is 23.2 Å². The molecular weight excluding hydrogens is 393 g/mol. The van der Waals surface area contributed by atoms with E-state index in [-0.39, 0.29) is 28.7 Å². The van der Waals surface area contributed by atoms with Crippen molar-refractivity contribution < 1.29 is 23.8 Å². The number of ether oxygens (including phenoxy) is 1. The summed E-state index contributed by atoms with van der Waals surface area (Å²) in [5.41, 5.74) is 1.19. The van der Waals surface area contributed by atoms with Crippen LogP contribution in [0.15, 0.2) is 30.3 Å². The summed E-state index contributed by atoms with van der Waals surface area (Å²) in [7, 11) is 0. The largest absolute Gasteiger partial charge is 0.512 e. The summed E-state index contributed by atoms with van der Waals surface area (Å²) in [4.78, 5) is 27.0. The molecular formula is C22H26FNO4S. The summed E-state index contributed by atoms with van der Waals surface area (Å²) in [6.07, 6.45) is 2.29. The Hall–Kier alpha value is -2.41. The first kappa shape index (κ1) is 21.3. The number of anilines is 1. The highest BCUT2D eigenvalue weighted by Crippen LogP contribution is 2.44. The van der Waals surface area contributed by atoms with Crippen molar-refractivity contribution in [3.8, 4) is 15.5 Å². The number of carboxylic acid groups (broad SMARTS) is 1. The normalized spacial score (nSPS) is 19.2. The predicted molar refractivity (Wildman–Crippen MR) is 112 cm³/mol. The van der Waals surface area contributed by atoms with Gasteiger partial charge in [0.2, 0.25) is 11.0 Å². The maximum absolute atomic E-state index is 13.4. The number of benzene rings is 1. The van der Waals surface area contributed by atoms with E-state index in [1.165, 1.54) is 12.1 Å². The summed E-state index contributed by atoms with van der Waals surface area (Å²) < 4.78 is 18.3. The number of thiophene rings is 1. The average molecular weight is 420 g/mol. The van der Waals surface area contributed by atoms with Crippen molar-refractivity contribution >= 4 is 29.1 Å². The van der Waals surface area contributed by atoms with E-state index in [4.69, 9.17) is 4.74 Å². The number of hydrogen-bond donors (Lipinski definition) is 1. The van der Waals surface area contributed by atoms with Crippen LogP contribution in [0.3, 0.4) is 0 Å². The highest BCUT2D eigenvalue weighted by atomic mass is 32.1. The molecule has 1 saturated carbocycles. The lowest BCUT2D eigenvalue weighted by molar-refractivity contribution is -0.123. The van der Waals surface area contributed by atoms with Crippen LogP contribution in [-0.2, 0) is 4.79 Å². The van der Waals surface area contributed by atoms with Gasteiger partial charge in [-0.3, -0.25) is 4.79 Å². The van der Waals surface area contributed by atoms with Crippen LogP contribution >= 0.6 is 11.3 Å². The number of carbonyl (C=O) groups excluding carboxylic acids is 1. The number of halogens is 1. The smallest absolute Gasteiger partial charge is 0.449 e. The van der Waals surface area contributed by atoms with Gasteiger partial charge in [-0.25, -0.2) is 9.18 Å². The highest BCUT2D eigenvalue weighted by molar-refractivity contribution is 7.18. The Bertz CT molecular complexity index is 869. The van der Waals surface area contributed by atoms with Crippen LogP contribution in [0.5, 0.6) is 5.06 Å². The maximum Gasteiger partial charge on any atom is 0.512 e. The van der Waals surface area contributed by atoms with Crippen LogP contribution in [0.1, 0.15) is 46.5 Å². The van der Waals surface area contributed by atoms with Gasteiger partial charge in [-0.1, -0.05) is 30.4 Å². The molecule has 1 aliphatic rings. The first-order valence-electron chi connectivity index (χ1n) is 9.90. The molecule has 0 radical (unpaired) electrons. The van der Waals surface area contributed by atoms with E-state index in [2.05, 4.69) is 6.92 Å². The standard InChI is InChI=1S/C22H26FNO4S/c1-13(2)24(20(25)16-6-4-14(3)5-7-16)18-12-19(29-21(18)28-22(26)27)15-8-10-17(23)11-9-15/h8-14,16H,4-7H2,1-3H3,(H,26,27). The van der Waals surface area contributed by atoms with Crippen molar-refractivity contribution in [2.24, 2.45) is 11.8 Å². The molecule has 0 unspecified atom stereocenters. The lowest BCUT2D eigenvalue weighted by Crippen LogP contribution is -2.42. The third kappa shape index (κ3) is 4.96. The Balaban J connectivity index is 1.98. The van der Waals surface area contributed by atoms with Crippen molar-refractivity contribution in [3.05, 3.63) is 36.1 Å². The lowest BCUT2D eigenvalue weighted by Gasteiger charge is -2.33. The second kappa shape index (κ2) is 8.95. The molecule has 0 bridgehead atoms. The van der Waals surface area contributed by atoms with Gasteiger partial charge in [0.05, 0.1) is 5.69 Å². The Kier molecular flexibility index (Phi) is 6.57. The second-order valence-electron chi connectivity index (χ2n) is 7.92. The lowest BCUT2D eigenvalue weighted by atomic mass is 9.82. The molecule has 0 saturated heterocycles. The van der Waals surface area contributed by atoms with E-state index >= 15 is 0 Å². The molecule has 1 aliphatic carbocycles. The molecule has 1 heterocycles. The average Bonchev–Trinajstić information content (AvgIpc) is 3.05. The minimum Gasteiger partial charge on any atom is -0.449 e. The Morgan fingerprint density at radius 3 is 2.34 bits per heavy atom. The van der Waals surface area contributed by atoms with E-state index in [0.717, 1.165) is 42.6 Å². The van der Waals surface area contributed by atoms with Gasteiger partial charge in [-0.15, -0.1) is 0 Å². The van der Waals surface area contributed by atoms with Crippen LogP contribution in [0.2, 0.25) is 0 Å². The molecule has 0 atom stereocenters. The zero-order valence-electron chi connectivity index (χ0n) is 16.9. The van der Waals surface area contributed by atoms with Gasteiger partial charge in [0, 0.05) is 16.8 Å². The van der Waals surface area contributed by atoms with Gasteiger partial charge < -0.3 is 14.7 Å². The van der Waals surface area contributed by atoms with E-state index in [9.17, 15) is 19.1 Å². The zero-order valence-corrected chi connectivity index (χ0v) is 17.7. The Morgan fingerprint density at radius 2 is 1.79 bits per heavy atom. The van der Waals surface area contributed by atoms with Crippen LogP contribution in [0.4, 0.5) is 14.9 Å². The molecule has 1 aromatic carbocycles. The summed E-state index contributed by atoms with van der Waals surface area (Å²) in [6.45, 7) is 6.01. The van der Waals surface area contributed by atoms with Crippen molar-refractivity contribution in [1.82, 2.24) is 0 Å². The molecule has 1 N–H and O–H groups in total. The van der Waals surface area contributed by atoms with E-state index in [1.54, 1.807) is 23.1 Å². The molecule has 3 rings (SSSR count). The number of rotatable bonds is 5. The van der Waals surface area contributed by atoms with E-state index in [0.29, 0.717) is 16.5 Å². The molecule has 0 aliphatic heterocycles. The maximum atomic E-state index is 13.4. The molecule has 1 fully saturated rings. The van der Waals surface area contributed by atoms with Gasteiger partial charge in [0.25, 0.3) is 0 Å². The van der Waals surface area contributed by atoms with Crippen LogP contribution in [0, 0.1) is 17.7 Å². The summed E-state index contributed by atoms with van der Waals surface area (Å²) in [5, 5.41) is 9.33. The molecule has 1 aromatic heterocycles. The molecule has 7 heteroatoms. The number of amides is 1. The first-order chi connectivity index (χ1) is 13.8. The number of carbonyl (C=O) groups is 2. The fourth-order valence-corrected chi connectivity index (χ4v) is 4.80. The fourth-order valence-electron chi connectivity index (χ4n) is 3.80. The molecule has 2 aromatic rings. The molecule has 0 spiro atoms. The van der Waals surface area contributed by atoms with E-state index < -0.39 is 6.16 Å². The van der Waals surface area contributed by atoms with Crippen molar-refractivity contribution in [2.45, 2.75) is 52.5 Å². The second-order valence-corrected chi connectivity index (χ2v) is 8.93. The SMILES string of the molecule is CC1CCC(C(=O)N(c2cc(-c3ccc(F)cc3)sc2OC(=O)O)C(C)C)CC1. The first-order valence-corrected chi connectivity index (χ1v) is 10.7. The van der Waals surface area contributed by atoms with Crippen LogP contribution < -0.4 is 9.64 Å². The third-order valence-electron chi connectivity index (χ3n) is 5.37. The summed E-state index contributed by atoms with van der Waals surface area (Å²) in [6, 6.07) is 7.55. The van der Waals surface area contributed by atoms with Gasteiger partial charge in [-0.2, -0.15) is 0 Å². The Labute approximate surface area is 174 Å². The third-order valence-corrected chi connectivity index (χ3v) is 6.42.